The van der Waals surface area contributed by atoms with E-state index in [2.05, 4.69) is 4.98 Å². The van der Waals surface area contributed by atoms with Crippen LogP contribution in [0.3, 0.4) is 0 Å². The fourth-order valence-electron chi connectivity index (χ4n) is 1.57. The van der Waals surface area contributed by atoms with Gasteiger partial charge in [0.25, 0.3) is 0 Å². The number of nitro groups is 1. The number of halogens is 2. The van der Waals surface area contributed by atoms with Crippen LogP contribution < -0.4 is 4.74 Å². The van der Waals surface area contributed by atoms with Crippen molar-refractivity contribution in [1.29, 1.82) is 0 Å². The number of ether oxygens (including phenoxy) is 1. The quantitative estimate of drug-likeness (QED) is 0.635. The molecule has 7 heteroatoms. The van der Waals surface area contributed by atoms with E-state index in [1.807, 2.05) is 0 Å². The highest BCUT2D eigenvalue weighted by atomic mass is 35.5. The second-order valence-corrected chi connectivity index (χ2v) is 4.45. The molecule has 0 aliphatic rings. The molecule has 0 fully saturated rings. The van der Waals surface area contributed by atoms with Crippen LogP contribution in [-0.4, -0.2) is 17.0 Å². The van der Waals surface area contributed by atoms with Gasteiger partial charge in [0.1, 0.15) is 0 Å². The summed E-state index contributed by atoms with van der Waals surface area (Å²) in [5.74, 6) is -0.275. The molecular formula is C12H8Cl2N2O3. The molecule has 0 radical (unpaired) electrons. The highest BCUT2D eigenvalue weighted by molar-refractivity contribution is 6.35. The summed E-state index contributed by atoms with van der Waals surface area (Å²) in [6.07, 6.45) is 0. The molecule has 0 saturated heterocycles. The third kappa shape index (κ3) is 2.77. The molecule has 0 atom stereocenters. The van der Waals surface area contributed by atoms with Crippen LogP contribution >= 0.6 is 23.2 Å². The van der Waals surface area contributed by atoms with Gasteiger partial charge in [-0.05, 0) is 40.2 Å². The lowest BCUT2D eigenvalue weighted by molar-refractivity contribution is -0.390. The summed E-state index contributed by atoms with van der Waals surface area (Å²) in [6, 6.07) is 7.89. The third-order valence-corrected chi connectivity index (χ3v) is 3.00. The molecule has 1 aromatic carbocycles. The van der Waals surface area contributed by atoms with Crippen LogP contribution in [0.25, 0.3) is 11.3 Å². The summed E-state index contributed by atoms with van der Waals surface area (Å²) in [5.41, 5.74) is 0.889. The van der Waals surface area contributed by atoms with Crippen molar-refractivity contribution in [2.24, 2.45) is 0 Å². The molecule has 5 nitrogen and oxygen atoms in total. The predicted molar refractivity (Wildman–Crippen MR) is 72.9 cm³/mol. The summed E-state index contributed by atoms with van der Waals surface area (Å²) >= 11 is 11.9. The number of methoxy groups -OCH3 is 1. The van der Waals surface area contributed by atoms with Crippen LogP contribution in [-0.2, 0) is 0 Å². The highest BCUT2D eigenvalue weighted by Crippen LogP contribution is 2.33. The summed E-state index contributed by atoms with van der Waals surface area (Å²) in [7, 11) is 1.34. The second kappa shape index (κ2) is 5.42. The van der Waals surface area contributed by atoms with E-state index in [0.29, 0.717) is 21.3 Å². The maximum absolute atomic E-state index is 10.9. The van der Waals surface area contributed by atoms with Crippen molar-refractivity contribution in [3.05, 3.63) is 50.5 Å². The fraction of sp³-hybridized carbons (Fsp3) is 0.0833. The first kappa shape index (κ1) is 13.6. The molecule has 1 aromatic heterocycles. The number of nitrogens with zero attached hydrogens (tertiary/aromatic N) is 2. The zero-order valence-corrected chi connectivity index (χ0v) is 11.3. The monoisotopic (exact) mass is 298 g/mol. The van der Waals surface area contributed by atoms with Crippen molar-refractivity contribution in [2.75, 3.05) is 7.11 Å². The van der Waals surface area contributed by atoms with Crippen LogP contribution in [0.4, 0.5) is 5.82 Å². The van der Waals surface area contributed by atoms with Gasteiger partial charge in [-0.3, -0.25) is 0 Å². The molecule has 98 valence electrons. The van der Waals surface area contributed by atoms with E-state index in [1.54, 1.807) is 24.3 Å². The molecule has 0 bridgehead atoms. The average molecular weight is 299 g/mol. The Bertz CT molecular complexity index is 647. The summed E-state index contributed by atoms with van der Waals surface area (Å²) in [6.45, 7) is 0. The summed E-state index contributed by atoms with van der Waals surface area (Å²) < 4.78 is 4.89. The van der Waals surface area contributed by atoms with Gasteiger partial charge >= 0.3 is 5.82 Å². The molecule has 1 heterocycles. The van der Waals surface area contributed by atoms with E-state index >= 15 is 0 Å². The minimum absolute atomic E-state index is 0.0897. The smallest absolute Gasteiger partial charge is 0.406 e. The zero-order valence-electron chi connectivity index (χ0n) is 9.76. The molecule has 2 rings (SSSR count). The third-order valence-electron chi connectivity index (χ3n) is 2.44. The normalized spacial score (nSPS) is 10.3. The standard InChI is InChI=1S/C12H8Cl2N2O3/c1-19-11-5-4-10(15-12(11)16(17)18)8-6-7(13)2-3-9(8)14/h2-6H,1H3. The predicted octanol–water partition coefficient (Wildman–Crippen LogP) is 3.97. The lowest BCUT2D eigenvalue weighted by Crippen LogP contribution is -1.98. The molecule has 2 aromatic rings. The van der Waals surface area contributed by atoms with Crippen LogP contribution in [0.5, 0.6) is 5.75 Å². The molecule has 0 unspecified atom stereocenters. The molecule has 0 N–H and O–H groups in total. The highest BCUT2D eigenvalue weighted by Gasteiger charge is 2.20. The van der Waals surface area contributed by atoms with Gasteiger partial charge in [-0.25, -0.2) is 0 Å². The molecule has 19 heavy (non-hydrogen) atoms. The Hall–Kier alpha value is -1.85. The lowest BCUT2D eigenvalue weighted by Gasteiger charge is -2.04. The van der Waals surface area contributed by atoms with Crippen LogP contribution in [0.1, 0.15) is 0 Å². The van der Waals surface area contributed by atoms with Gasteiger partial charge in [0.05, 0.1) is 12.1 Å². The Morgan fingerprint density at radius 3 is 2.63 bits per heavy atom. The van der Waals surface area contributed by atoms with E-state index < -0.39 is 4.92 Å². The largest absolute Gasteiger partial charge is 0.489 e. The van der Waals surface area contributed by atoms with E-state index in [-0.39, 0.29) is 11.6 Å². The second-order valence-electron chi connectivity index (χ2n) is 3.60. The number of hydrogen-bond acceptors (Lipinski definition) is 4. The Kier molecular flexibility index (Phi) is 3.87. The van der Waals surface area contributed by atoms with Gasteiger partial charge in [-0.1, -0.05) is 23.2 Å². The number of pyridine rings is 1. The van der Waals surface area contributed by atoms with Crippen molar-refractivity contribution in [3.8, 4) is 17.0 Å². The summed E-state index contributed by atoms with van der Waals surface area (Å²) in [5, 5.41) is 11.8. The number of hydrogen-bond donors (Lipinski definition) is 0. The first-order valence-electron chi connectivity index (χ1n) is 5.18. The first-order chi connectivity index (χ1) is 9.02. The molecule has 0 saturated carbocycles. The Labute approximate surface area is 118 Å². The lowest BCUT2D eigenvalue weighted by atomic mass is 10.1. The molecule has 0 amide bonds. The van der Waals surface area contributed by atoms with Gasteiger partial charge in [-0.2, -0.15) is 0 Å². The van der Waals surface area contributed by atoms with Crippen molar-refractivity contribution in [3.63, 3.8) is 0 Å². The van der Waals surface area contributed by atoms with Gasteiger partial charge < -0.3 is 14.9 Å². The minimum atomic E-state index is -0.610. The molecular weight excluding hydrogens is 291 g/mol. The fourth-order valence-corrected chi connectivity index (χ4v) is 1.96. The van der Waals surface area contributed by atoms with Crippen molar-refractivity contribution < 1.29 is 9.66 Å². The van der Waals surface area contributed by atoms with Gasteiger partial charge in [0.15, 0.2) is 5.69 Å². The van der Waals surface area contributed by atoms with Gasteiger partial charge in [0, 0.05) is 10.6 Å². The van der Waals surface area contributed by atoms with E-state index in [4.69, 9.17) is 27.9 Å². The SMILES string of the molecule is COc1ccc(-c2cc(Cl)ccc2Cl)nc1[N+](=O)[O-]. The van der Waals surface area contributed by atoms with Gasteiger partial charge in [-0.15, -0.1) is 0 Å². The van der Waals surface area contributed by atoms with Gasteiger partial charge in [0.2, 0.25) is 5.75 Å². The van der Waals surface area contributed by atoms with Crippen molar-refractivity contribution in [2.45, 2.75) is 0 Å². The van der Waals surface area contributed by atoms with E-state index in [9.17, 15) is 10.1 Å². The van der Waals surface area contributed by atoms with E-state index in [0.717, 1.165) is 0 Å². The van der Waals surface area contributed by atoms with Crippen LogP contribution in [0.15, 0.2) is 30.3 Å². The molecule has 0 aliphatic heterocycles. The zero-order chi connectivity index (χ0) is 14.0. The first-order valence-corrected chi connectivity index (χ1v) is 5.93. The number of rotatable bonds is 3. The summed E-state index contributed by atoms with van der Waals surface area (Å²) in [4.78, 5) is 14.3. The topological polar surface area (TPSA) is 65.3 Å². The minimum Gasteiger partial charge on any atom is -0.489 e. The molecule has 0 aliphatic carbocycles. The number of aromatic nitrogens is 1. The average Bonchev–Trinajstić information content (AvgIpc) is 2.40. The maximum Gasteiger partial charge on any atom is 0.406 e. The van der Waals surface area contributed by atoms with Crippen molar-refractivity contribution >= 4 is 29.0 Å². The molecule has 0 spiro atoms. The Morgan fingerprint density at radius 1 is 1.26 bits per heavy atom. The van der Waals surface area contributed by atoms with Crippen molar-refractivity contribution in [1.82, 2.24) is 4.98 Å². The Morgan fingerprint density at radius 2 is 2.00 bits per heavy atom. The number of benzene rings is 1. The van der Waals surface area contributed by atoms with E-state index in [1.165, 1.54) is 13.2 Å². The Balaban J connectivity index is 2.60. The maximum atomic E-state index is 10.9. The van der Waals surface area contributed by atoms with Crippen LogP contribution in [0, 0.1) is 10.1 Å². The van der Waals surface area contributed by atoms with Crippen LogP contribution in [0.2, 0.25) is 10.0 Å².